The molecule has 3 aromatic rings. The number of anilines is 3. The molecular formula is C18H16FN3O5. The molecular weight excluding hydrogens is 357 g/mol. The summed E-state index contributed by atoms with van der Waals surface area (Å²) in [5, 5.41) is 5.53. The average molecular weight is 373 g/mol. The molecule has 0 aliphatic rings. The van der Waals surface area contributed by atoms with Gasteiger partial charge in [0, 0.05) is 24.7 Å². The Bertz CT molecular complexity index is 1000. The Kier molecular flexibility index (Phi) is 5.20. The van der Waals surface area contributed by atoms with Crippen molar-refractivity contribution in [2.75, 3.05) is 24.4 Å². The van der Waals surface area contributed by atoms with Crippen LogP contribution in [0, 0.1) is 5.82 Å². The summed E-state index contributed by atoms with van der Waals surface area (Å²) in [7, 11) is 1.46. The lowest BCUT2D eigenvalue weighted by Gasteiger charge is -2.11. The van der Waals surface area contributed by atoms with Crippen LogP contribution in [0.5, 0.6) is 5.75 Å². The van der Waals surface area contributed by atoms with Gasteiger partial charge in [-0.2, -0.15) is 4.98 Å². The molecule has 1 amide bonds. The number of nitrogens with zero attached hydrogens (tertiary/aromatic N) is 1. The van der Waals surface area contributed by atoms with Gasteiger partial charge in [-0.1, -0.05) is 0 Å². The number of carbonyl (C=O) groups excluding carboxylic acids is 2. The third kappa shape index (κ3) is 4.51. The second-order valence-electron chi connectivity index (χ2n) is 5.50. The monoisotopic (exact) mass is 373 g/mol. The highest BCUT2D eigenvalue weighted by molar-refractivity contribution is 5.93. The Morgan fingerprint density at radius 2 is 2.04 bits per heavy atom. The molecule has 0 bridgehead atoms. The summed E-state index contributed by atoms with van der Waals surface area (Å²) in [6, 6.07) is 9.07. The van der Waals surface area contributed by atoms with Crippen molar-refractivity contribution >= 4 is 40.4 Å². The number of esters is 1. The van der Waals surface area contributed by atoms with Gasteiger partial charge < -0.3 is 24.5 Å². The van der Waals surface area contributed by atoms with Gasteiger partial charge in [0.2, 0.25) is 0 Å². The zero-order chi connectivity index (χ0) is 19.4. The number of hydrogen-bond donors (Lipinski definition) is 2. The van der Waals surface area contributed by atoms with Gasteiger partial charge in [0.15, 0.2) is 12.2 Å². The fraction of sp³-hybridized carbons (Fsp3) is 0.167. The Hall–Kier alpha value is -3.62. The Balaban J connectivity index is 1.75. The lowest BCUT2D eigenvalue weighted by molar-refractivity contribution is -0.144. The zero-order valence-electron chi connectivity index (χ0n) is 14.5. The van der Waals surface area contributed by atoms with E-state index >= 15 is 0 Å². The first-order chi connectivity index (χ1) is 12.9. The molecule has 3 rings (SSSR count). The molecule has 0 unspecified atom stereocenters. The number of carbonyl (C=O) groups is 2. The van der Waals surface area contributed by atoms with Crippen LogP contribution in [0.4, 0.5) is 21.8 Å². The summed E-state index contributed by atoms with van der Waals surface area (Å²) >= 11 is 0. The minimum atomic E-state index is -0.541. The van der Waals surface area contributed by atoms with Crippen LogP contribution in [-0.4, -0.2) is 30.6 Å². The maximum Gasteiger partial charge on any atom is 0.303 e. The van der Waals surface area contributed by atoms with Crippen molar-refractivity contribution in [3.05, 3.63) is 42.2 Å². The molecule has 0 radical (unpaired) electrons. The van der Waals surface area contributed by atoms with Crippen LogP contribution < -0.4 is 15.4 Å². The predicted molar refractivity (Wildman–Crippen MR) is 95.5 cm³/mol. The molecule has 9 heteroatoms. The lowest BCUT2D eigenvalue weighted by atomic mass is 10.2. The second kappa shape index (κ2) is 7.73. The average Bonchev–Trinajstić information content (AvgIpc) is 3.02. The topological polar surface area (TPSA) is 103 Å². The maximum absolute atomic E-state index is 13.2. The number of hydrogen-bond acceptors (Lipinski definition) is 7. The number of aromatic nitrogens is 1. The first-order valence-corrected chi connectivity index (χ1v) is 7.89. The molecule has 0 spiro atoms. The molecule has 0 aliphatic carbocycles. The maximum atomic E-state index is 13.2. The first kappa shape index (κ1) is 18.2. The minimum absolute atomic E-state index is 0.167. The molecule has 8 nitrogen and oxygen atoms in total. The largest absolute Gasteiger partial charge is 0.494 e. The van der Waals surface area contributed by atoms with E-state index < -0.39 is 17.7 Å². The van der Waals surface area contributed by atoms with E-state index in [-0.39, 0.29) is 12.6 Å². The van der Waals surface area contributed by atoms with Crippen molar-refractivity contribution in [2.45, 2.75) is 6.92 Å². The van der Waals surface area contributed by atoms with Crippen molar-refractivity contribution in [1.82, 2.24) is 4.98 Å². The molecule has 0 fully saturated rings. The number of benzene rings is 2. The highest BCUT2D eigenvalue weighted by Gasteiger charge is 2.12. The molecule has 0 atom stereocenters. The molecule has 1 aromatic heterocycles. The van der Waals surface area contributed by atoms with E-state index in [1.807, 2.05) is 0 Å². The molecule has 27 heavy (non-hydrogen) atoms. The van der Waals surface area contributed by atoms with Crippen LogP contribution in [0.2, 0.25) is 0 Å². The number of amides is 1. The number of halogens is 1. The van der Waals surface area contributed by atoms with Crippen molar-refractivity contribution in [1.29, 1.82) is 0 Å². The van der Waals surface area contributed by atoms with E-state index in [4.69, 9.17) is 9.15 Å². The van der Waals surface area contributed by atoms with Gasteiger partial charge in [-0.3, -0.25) is 9.59 Å². The number of nitrogens with one attached hydrogen (secondary N) is 2. The summed E-state index contributed by atoms with van der Waals surface area (Å²) in [4.78, 5) is 26.7. The van der Waals surface area contributed by atoms with Crippen molar-refractivity contribution in [3.63, 3.8) is 0 Å². The number of rotatable bonds is 6. The number of fused-ring (bicyclic) bond motifs is 1. The predicted octanol–water partition coefficient (Wildman–Crippen LogP) is 3.22. The standard InChI is InChI=1S/C18H16FN3O5/c1-10(23)26-9-17(24)20-12-4-6-13(15(8-12)25-2)21-18-22-14-5-3-11(19)7-16(14)27-18/h3-8H,9H2,1-2H3,(H,20,24)(H,21,22). The normalized spacial score (nSPS) is 10.5. The summed E-state index contributed by atoms with van der Waals surface area (Å²) in [6.45, 7) is 0.842. The molecule has 0 saturated carbocycles. The lowest BCUT2D eigenvalue weighted by Crippen LogP contribution is -2.19. The molecule has 140 valence electrons. The van der Waals surface area contributed by atoms with Crippen LogP contribution in [-0.2, 0) is 14.3 Å². The summed E-state index contributed by atoms with van der Waals surface area (Å²) in [6.07, 6.45) is 0. The van der Waals surface area contributed by atoms with Crippen LogP contribution in [0.25, 0.3) is 11.1 Å². The molecule has 2 N–H and O–H groups in total. The van der Waals surface area contributed by atoms with Crippen LogP contribution in [0.3, 0.4) is 0 Å². The van der Waals surface area contributed by atoms with Crippen molar-refractivity contribution in [2.24, 2.45) is 0 Å². The van der Waals surface area contributed by atoms with E-state index in [0.29, 0.717) is 28.2 Å². The third-order valence-electron chi connectivity index (χ3n) is 3.48. The summed E-state index contributed by atoms with van der Waals surface area (Å²) in [5.74, 6) is -1.03. The fourth-order valence-electron chi connectivity index (χ4n) is 2.30. The van der Waals surface area contributed by atoms with Gasteiger partial charge in [0.05, 0.1) is 12.8 Å². The van der Waals surface area contributed by atoms with Crippen LogP contribution in [0.1, 0.15) is 6.92 Å². The Labute approximate surface area is 153 Å². The Morgan fingerprint density at radius 1 is 1.22 bits per heavy atom. The molecule has 0 aliphatic heterocycles. The van der Waals surface area contributed by atoms with E-state index in [9.17, 15) is 14.0 Å². The fourth-order valence-corrected chi connectivity index (χ4v) is 2.30. The highest BCUT2D eigenvalue weighted by Crippen LogP contribution is 2.31. The zero-order valence-corrected chi connectivity index (χ0v) is 14.5. The van der Waals surface area contributed by atoms with E-state index in [1.54, 1.807) is 18.2 Å². The quantitative estimate of drug-likeness (QED) is 0.640. The smallest absolute Gasteiger partial charge is 0.303 e. The van der Waals surface area contributed by atoms with E-state index in [2.05, 4.69) is 20.4 Å². The van der Waals surface area contributed by atoms with Crippen LogP contribution in [0.15, 0.2) is 40.8 Å². The SMILES string of the molecule is COc1cc(NC(=O)COC(C)=O)ccc1Nc1nc2ccc(F)cc2o1. The van der Waals surface area contributed by atoms with E-state index in [0.717, 1.165) is 0 Å². The van der Waals surface area contributed by atoms with Gasteiger partial charge in [0.25, 0.3) is 11.9 Å². The van der Waals surface area contributed by atoms with Crippen molar-refractivity contribution in [3.8, 4) is 5.75 Å². The van der Waals surface area contributed by atoms with E-state index in [1.165, 1.54) is 32.2 Å². The second-order valence-corrected chi connectivity index (χ2v) is 5.50. The molecule has 0 saturated heterocycles. The third-order valence-corrected chi connectivity index (χ3v) is 3.48. The molecule has 1 heterocycles. The van der Waals surface area contributed by atoms with Crippen LogP contribution >= 0.6 is 0 Å². The Morgan fingerprint density at radius 3 is 2.78 bits per heavy atom. The highest BCUT2D eigenvalue weighted by atomic mass is 19.1. The number of methoxy groups -OCH3 is 1. The summed E-state index contributed by atoms with van der Waals surface area (Å²) in [5.41, 5.74) is 1.80. The van der Waals surface area contributed by atoms with Gasteiger partial charge in [0.1, 0.15) is 17.1 Å². The first-order valence-electron chi connectivity index (χ1n) is 7.89. The number of oxazole rings is 1. The number of ether oxygens (including phenoxy) is 2. The summed E-state index contributed by atoms with van der Waals surface area (Å²) < 4.78 is 28.6. The van der Waals surface area contributed by atoms with Gasteiger partial charge in [-0.05, 0) is 24.3 Å². The van der Waals surface area contributed by atoms with Crippen molar-refractivity contribution < 1.29 is 27.9 Å². The van der Waals surface area contributed by atoms with Gasteiger partial charge in [-0.15, -0.1) is 0 Å². The van der Waals surface area contributed by atoms with Gasteiger partial charge >= 0.3 is 5.97 Å². The van der Waals surface area contributed by atoms with Gasteiger partial charge in [-0.25, -0.2) is 4.39 Å². The minimum Gasteiger partial charge on any atom is -0.494 e. The molecule has 2 aromatic carbocycles.